The molecule has 8 heteroatoms. The molecular weight excluding hydrogens is 455 g/mol. The number of benzene rings is 3. The molecule has 0 bridgehead atoms. The molecule has 3 aromatic carbocycles. The summed E-state index contributed by atoms with van der Waals surface area (Å²) in [5.74, 6) is -1.15. The molecule has 2 amide bonds. The first kappa shape index (κ1) is 21.9. The largest absolute Gasteiger partial charge is 0.326 e. The van der Waals surface area contributed by atoms with Crippen LogP contribution in [0, 0.1) is 11.7 Å². The summed E-state index contributed by atoms with van der Waals surface area (Å²) in [5, 5.41) is 10.4. The van der Waals surface area contributed by atoms with E-state index in [1.165, 1.54) is 18.2 Å². The molecule has 0 saturated heterocycles. The molecule has 0 radical (unpaired) electrons. The van der Waals surface area contributed by atoms with E-state index in [0.717, 1.165) is 22.5 Å². The lowest BCUT2D eigenvalue weighted by Gasteiger charge is -2.23. The van der Waals surface area contributed by atoms with Crippen LogP contribution in [0.3, 0.4) is 0 Å². The summed E-state index contributed by atoms with van der Waals surface area (Å²) < 4.78 is 15.1. The maximum Gasteiger partial charge on any atom is 0.229 e. The van der Waals surface area contributed by atoms with E-state index in [1.807, 2.05) is 60.7 Å². The Hall–Kier alpha value is -3.97. The van der Waals surface area contributed by atoms with Crippen LogP contribution in [-0.4, -0.2) is 21.6 Å². The fourth-order valence-corrected chi connectivity index (χ4v) is 4.27. The molecule has 1 aliphatic heterocycles. The molecule has 4 aromatic rings. The van der Waals surface area contributed by atoms with Crippen molar-refractivity contribution in [3.8, 4) is 16.9 Å². The van der Waals surface area contributed by atoms with Crippen LogP contribution in [0.25, 0.3) is 16.9 Å². The van der Waals surface area contributed by atoms with Gasteiger partial charge < -0.3 is 10.6 Å². The summed E-state index contributed by atoms with van der Waals surface area (Å²) in [5.41, 5.74) is 3.75. The Morgan fingerprint density at radius 3 is 2.50 bits per heavy atom. The molecule has 1 aliphatic rings. The van der Waals surface area contributed by atoms with Gasteiger partial charge in [0.15, 0.2) is 0 Å². The van der Waals surface area contributed by atoms with Crippen molar-refractivity contribution < 1.29 is 14.0 Å². The number of nitrogens with one attached hydrogen (secondary N) is 2. The maximum absolute atomic E-state index is 13.4. The van der Waals surface area contributed by atoms with E-state index >= 15 is 0 Å². The van der Waals surface area contributed by atoms with Crippen LogP contribution >= 0.6 is 11.6 Å². The molecule has 1 aromatic heterocycles. The van der Waals surface area contributed by atoms with Crippen LogP contribution in [0.4, 0.5) is 15.9 Å². The molecule has 6 nitrogen and oxygen atoms in total. The van der Waals surface area contributed by atoms with Crippen LogP contribution < -0.4 is 10.6 Å². The second-order valence-electron chi connectivity index (χ2n) is 8.06. The van der Waals surface area contributed by atoms with Crippen molar-refractivity contribution in [2.24, 2.45) is 5.92 Å². The topological polar surface area (TPSA) is 76.0 Å². The highest BCUT2D eigenvalue weighted by atomic mass is 35.5. The van der Waals surface area contributed by atoms with Crippen LogP contribution in [0.15, 0.2) is 78.9 Å². The van der Waals surface area contributed by atoms with Crippen LogP contribution in [-0.2, 0) is 16.0 Å². The standard InChI is InChI=1S/C26H20ClFN4O2/c27-21-15-18(11-12-22(21)28)29-23(33)14-17-13-20-24(16-7-3-1-4-8-16)31-32(25(20)30-26(17)34)19-9-5-2-6-10-19/h1-12,15,17H,13-14H2,(H,29,33)(H,30,34). The zero-order chi connectivity index (χ0) is 23.7. The molecule has 5 rings (SSSR count). The van der Waals surface area contributed by atoms with E-state index < -0.39 is 11.7 Å². The molecule has 0 fully saturated rings. The second-order valence-corrected chi connectivity index (χ2v) is 8.47. The Kier molecular flexibility index (Phi) is 5.86. The lowest BCUT2D eigenvalue weighted by molar-refractivity contribution is -0.125. The van der Waals surface area contributed by atoms with Crippen LogP contribution in [0.2, 0.25) is 5.02 Å². The number of rotatable bonds is 5. The summed E-state index contributed by atoms with van der Waals surface area (Å²) >= 11 is 5.80. The average molecular weight is 475 g/mol. The molecule has 2 N–H and O–H groups in total. The van der Waals surface area contributed by atoms with E-state index in [9.17, 15) is 14.0 Å². The smallest absolute Gasteiger partial charge is 0.229 e. The van der Waals surface area contributed by atoms with Gasteiger partial charge in [-0.15, -0.1) is 0 Å². The predicted molar refractivity (Wildman–Crippen MR) is 129 cm³/mol. The molecule has 1 atom stereocenters. The van der Waals surface area contributed by atoms with Crippen molar-refractivity contribution in [1.82, 2.24) is 9.78 Å². The molecule has 0 spiro atoms. The van der Waals surface area contributed by atoms with E-state index in [-0.39, 0.29) is 23.3 Å². The number of carbonyl (C=O) groups excluding carboxylic acids is 2. The van der Waals surface area contributed by atoms with Gasteiger partial charge in [0.2, 0.25) is 11.8 Å². The fourth-order valence-electron chi connectivity index (χ4n) is 4.09. The van der Waals surface area contributed by atoms with Crippen LogP contribution in [0.5, 0.6) is 0 Å². The van der Waals surface area contributed by atoms with E-state index in [2.05, 4.69) is 10.6 Å². The first-order chi connectivity index (χ1) is 16.5. The minimum atomic E-state index is -0.584. The Labute approximate surface area is 200 Å². The third kappa shape index (κ3) is 4.30. The zero-order valence-electron chi connectivity index (χ0n) is 18.0. The third-order valence-corrected chi connectivity index (χ3v) is 6.02. The Balaban J connectivity index is 1.44. The van der Waals surface area contributed by atoms with Crippen molar-refractivity contribution in [2.45, 2.75) is 12.8 Å². The molecule has 170 valence electrons. The van der Waals surface area contributed by atoms with Gasteiger partial charge in [0.05, 0.1) is 22.3 Å². The lowest BCUT2D eigenvalue weighted by Crippen LogP contribution is -2.33. The SMILES string of the molecule is O=C(CC1Cc2c(-c3ccccc3)nn(-c3ccccc3)c2NC1=O)Nc1ccc(F)c(Cl)c1. The Morgan fingerprint density at radius 1 is 1.09 bits per heavy atom. The zero-order valence-corrected chi connectivity index (χ0v) is 18.7. The van der Waals surface area contributed by atoms with Gasteiger partial charge in [-0.3, -0.25) is 9.59 Å². The number of hydrogen-bond acceptors (Lipinski definition) is 3. The normalized spacial score (nSPS) is 14.9. The summed E-state index contributed by atoms with van der Waals surface area (Å²) in [6.07, 6.45) is 0.320. The number of aromatic nitrogens is 2. The van der Waals surface area contributed by atoms with E-state index in [1.54, 1.807) is 4.68 Å². The average Bonchev–Trinajstić information content (AvgIpc) is 3.21. The maximum atomic E-state index is 13.4. The second kappa shape index (κ2) is 9.11. The predicted octanol–water partition coefficient (Wildman–Crippen LogP) is 5.47. The molecule has 0 saturated carbocycles. The first-order valence-corrected chi connectivity index (χ1v) is 11.2. The number of para-hydroxylation sites is 1. The number of nitrogens with zero attached hydrogens (tertiary/aromatic N) is 2. The van der Waals surface area contributed by atoms with Gasteiger partial charge in [0, 0.05) is 23.2 Å². The van der Waals surface area contributed by atoms with Crippen molar-refractivity contribution in [1.29, 1.82) is 0 Å². The molecule has 34 heavy (non-hydrogen) atoms. The third-order valence-electron chi connectivity index (χ3n) is 5.73. The number of fused-ring (bicyclic) bond motifs is 1. The Bertz CT molecular complexity index is 1370. The minimum Gasteiger partial charge on any atom is -0.326 e. The molecule has 0 aliphatic carbocycles. The highest BCUT2D eigenvalue weighted by Gasteiger charge is 2.34. The van der Waals surface area contributed by atoms with Crippen molar-refractivity contribution >= 4 is 34.9 Å². The Morgan fingerprint density at radius 2 is 1.79 bits per heavy atom. The van der Waals surface area contributed by atoms with Crippen molar-refractivity contribution in [3.63, 3.8) is 0 Å². The molecule has 2 heterocycles. The van der Waals surface area contributed by atoms with Crippen molar-refractivity contribution in [2.75, 3.05) is 10.6 Å². The number of anilines is 2. The van der Waals surface area contributed by atoms with Crippen molar-refractivity contribution in [3.05, 3.63) is 95.3 Å². The summed E-state index contributed by atoms with van der Waals surface area (Å²) in [7, 11) is 0. The monoisotopic (exact) mass is 474 g/mol. The number of carbonyl (C=O) groups is 2. The first-order valence-electron chi connectivity index (χ1n) is 10.8. The van der Waals surface area contributed by atoms with Gasteiger partial charge >= 0.3 is 0 Å². The highest BCUT2D eigenvalue weighted by molar-refractivity contribution is 6.31. The van der Waals surface area contributed by atoms with Gasteiger partial charge in [-0.05, 0) is 36.8 Å². The van der Waals surface area contributed by atoms with Gasteiger partial charge in [-0.2, -0.15) is 5.10 Å². The van der Waals surface area contributed by atoms with E-state index in [0.29, 0.717) is 17.9 Å². The number of halogens is 2. The minimum absolute atomic E-state index is 0.0367. The van der Waals surface area contributed by atoms with E-state index in [4.69, 9.17) is 16.7 Å². The molecular formula is C26H20ClFN4O2. The van der Waals surface area contributed by atoms with Gasteiger partial charge in [0.1, 0.15) is 11.6 Å². The molecule has 1 unspecified atom stereocenters. The number of hydrogen-bond donors (Lipinski definition) is 2. The lowest BCUT2D eigenvalue weighted by atomic mass is 9.90. The summed E-state index contributed by atoms with van der Waals surface area (Å²) in [6.45, 7) is 0. The highest BCUT2D eigenvalue weighted by Crippen LogP contribution is 2.37. The fraction of sp³-hybridized carbons (Fsp3) is 0.115. The van der Waals surface area contributed by atoms with Gasteiger partial charge in [-0.25, -0.2) is 9.07 Å². The van der Waals surface area contributed by atoms with Gasteiger partial charge in [0.25, 0.3) is 0 Å². The van der Waals surface area contributed by atoms with Crippen LogP contribution in [0.1, 0.15) is 12.0 Å². The number of amides is 2. The van der Waals surface area contributed by atoms with Gasteiger partial charge in [-0.1, -0.05) is 60.1 Å². The summed E-state index contributed by atoms with van der Waals surface area (Å²) in [4.78, 5) is 25.6. The quantitative estimate of drug-likeness (QED) is 0.402. The summed E-state index contributed by atoms with van der Waals surface area (Å²) in [6, 6.07) is 23.2.